The number of nitrogens with one attached hydrogen (secondary N) is 1. The summed E-state index contributed by atoms with van der Waals surface area (Å²) >= 11 is 1.50. The molecule has 0 spiro atoms. The number of hydrogen-bond donors (Lipinski definition) is 1. The summed E-state index contributed by atoms with van der Waals surface area (Å²) in [6.45, 7) is 1.62. The Balaban J connectivity index is 1.83. The van der Waals surface area contributed by atoms with Gasteiger partial charge in [0.1, 0.15) is 14.8 Å². The second kappa shape index (κ2) is 6.53. The smallest absolute Gasteiger partial charge is 0.317 e. The maximum atomic E-state index is 12.0. The summed E-state index contributed by atoms with van der Waals surface area (Å²) in [6.07, 6.45) is 4.66. The lowest BCUT2D eigenvalue weighted by molar-refractivity contribution is 0.170. The molecule has 1 N–H and O–H groups in total. The van der Waals surface area contributed by atoms with Gasteiger partial charge in [0.05, 0.1) is 12.3 Å². The zero-order chi connectivity index (χ0) is 14.6. The van der Waals surface area contributed by atoms with Gasteiger partial charge in [-0.05, 0) is 18.8 Å². The fourth-order valence-electron chi connectivity index (χ4n) is 2.42. The van der Waals surface area contributed by atoms with E-state index in [0.29, 0.717) is 19.6 Å². The van der Waals surface area contributed by atoms with Crippen LogP contribution in [0, 0.1) is 5.92 Å². The van der Waals surface area contributed by atoms with Crippen molar-refractivity contribution in [3.8, 4) is 0 Å². The van der Waals surface area contributed by atoms with Crippen molar-refractivity contribution in [1.82, 2.24) is 15.2 Å². The van der Waals surface area contributed by atoms with E-state index in [-0.39, 0.29) is 17.7 Å². The Hall–Kier alpha value is -1.15. The van der Waals surface area contributed by atoms with Crippen LogP contribution in [-0.2, 0) is 16.4 Å². The molecule has 1 aromatic rings. The molecule has 112 valence electrons. The number of thiazole rings is 1. The van der Waals surface area contributed by atoms with Crippen molar-refractivity contribution in [2.45, 2.75) is 19.4 Å². The molecule has 0 unspecified atom stereocenters. The first kappa shape index (κ1) is 15.2. The molecule has 1 saturated heterocycles. The molecule has 0 aliphatic carbocycles. The van der Waals surface area contributed by atoms with Gasteiger partial charge in [-0.25, -0.2) is 18.2 Å². The molecule has 0 bridgehead atoms. The molecule has 6 nitrogen and oxygen atoms in total. The van der Waals surface area contributed by atoms with E-state index in [1.165, 1.54) is 17.6 Å². The number of carbonyl (C=O) groups excluding carboxylic acids is 1. The Kier molecular flexibility index (Phi) is 4.98. The molecule has 1 atom stereocenters. The highest BCUT2D eigenvalue weighted by atomic mass is 32.2. The van der Waals surface area contributed by atoms with Gasteiger partial charge in [0.2, 0.25) is 0 Å². The third kappa shape index (κ3) is 4.75. The number of aromatic nitrogens is 1. The number of amides is 2. The van der Waals surface area contributed by atoms with Gasteiger partial charge in [-0.1, -0.05) is 0 Å². The first-order chi connectivity index (χ1) is 9.44. The minimum atomic E-state index is -2.99. The standard InChI is InChI=1S/C12H19N3O3S2/c1-20(17,18)9-10-3-2-5-15(8-10)12(16)14-7-11-13-4-6-19-11/h4,6,10H,2-3,5,7-9H2,1H3,(H,14,16)/t10-/m0/s1. The van der Waals surface area contributed by atoms with Gasteiger partial charge >= 0.3 is 6.03 Å². The third-order valence-electron chi connectivity index (χ3n) is 3.22. The van der Waals surface area contributed by atoms with E-state index in [9.17, 15) is 13.2 Å². The van der Waals surface area contributed by atoms with Crippen LogP contribution in [0.2, 0.25) is 0 Å². The van der Waals surface area contributed by atoms with Gasteiger partial charge < -0.3 is 10.2 Å². The summed E-state index contributed by atoms with van der Waals surface area (Å²) in [5, 5.41) is 5.55. The lowest BCUT2D eigenvalue weighted by Crippen LogP contribution is -2.46. The number of urea groups is 1. The van der Waals surface area contributed by atoms with Gasteiger partial charge in [-0.3, -0.25) is 0 Å². The zero-order valence-electron chi connectivity index (χ0n) is 11.4. The van der Waals surface area contributed by atoms with Crippen LogP contribution in [0.4, 0.5) is 4.79 Å². The van der Waals surface area contributed by atoms with Crippen molar-refractivity contribution < 1.29 is 13.2 Å². The second-order valence-corrected chi connectivity index (χ2v) is 8.30. The van der Waals surface area contributed by atoms with E-state index in [4.69, 9.17) is 0 Å². The van der Waals surface area contributed by atoms with Crippen LogP contribution in [0.1, 0.15) is 17.8 Å². The Morgan fingerprint density at radius 2 is 2.40 bits per heavy atom. The maximum Gasteiger partial charge on any atom is 0.317 e. The van der Waals surface area contributed by atoms with E-state index >= 15 is 0 Å². The van der Waals surface area contributed by atoms with Gasteiger partial charge in [-0.2, -0.15) is 0 Å². The monoisotopic (exact) mass is 317 g/mol. The fourth-order valence-corrected chi connectivity index (χ4v) is 4.10. The number of carbonyl (C=O) groups is 1. The molecular weight excluding hydrogens is 298 g/mol. The second-order valence-electron chi connectivity index (χ2n) is 5.13. The molecule has 8 heteroatoms. The van der Waals surface area contributed by atoms with Gasteiger partial charge in [-0.15, -0.1) is 11.3 Å². The highest BCUT2D eigenvalue weighted by Gasteiger charge is 2.25. The lowest BCUT2D eigenvalue weighted by Gasteiger charge is -2.32. The molecule has 1 aliphatic rings. The average Bonchev–Trinajstić information content (AvgIpc) is 2.87. The molecule has 1 aliphatic heterocycles. The predicted octanol–water partition coefficient (Wildman–Crippen LogP) is 1.11. The summed E-state index contributed by atoms with van der Waals surface area (Å²) in [6, 6.07) is -0.140. The number of hydrogen-bond acceptors (Lipinski definition) is 5. The van der Waals surface area contributed by atoms with Crippen LogP contribution in [0.5, 0.6) is 0 Å². The summed E-state index contributed by atoms with van der Waals surface area (Å²) in [4.78, 5) is 17.9. The molecule has 2 rings (SSSR count). The number of sulfone groups is 1. The van der Waals surface area contributed by atoms with E-state index in [0.717, 1.165) is 17.8 Å². The summed E-state index contributed by atoms with van der Waals surface area (Å²) in [5.74, 6) is 0.202. The Labute approximate surface area is 123 Å². The number of nitrogens with zero attached hydrogens (tertiary/aromatic N) is 2. The summed E-state index contributed by atoms with van der Waals surface area (Å²) < 4.78 is 22.7. The fraction of sp³-hybridized carbons (Fsp3) is 0.667. The summed E-state index contributed by atoms with van der Waals surface area (Å²) in [5.41, 5.74) is 0. The molecule has 0 saturated carbocycles. The number of piperidine rings is 1. The maximum absolute atomic E-state index is 12.0. The van der Waals surface area contributed by atoms with Crippen molar-refractivity contribution in [3.05, 3.63) is 16.6 Å². The molecule has 0 aromatic carbocycles. The molecule has 2 amide bonds. The van der Waals surface area contributed by atoms with Gasteiger partial charge in [0.15, 0.2) is 0 Å². The average molecular weight is 317 g/mol. The topological polar surface area (TPSA) is 79.4 Å². The highest BCUT2D eigenvalue weighted by Crippen LogP contribution is 2.18. The van der Waals surface area contributed by atoms with Crippen molar-refractivity contribution >= 4 is 27.2 Å². The molecule has 20 heavy (non-hydrogen) atoms. The van der Waals surface area contributed by atoms with Crippen LogP contribution in [0.3, 0.4) is 0 Å². The Bertz CT molecular complexity index is 542. The molecule has 1 fully saturated rings. The van der Waals surface area contributed by atoms with Crippen LogP contribution in [0.15, 0.2) is 11.6 Å². The third-order valence-corrected chi connectivity index (χ3v) is 5.08. The highest BCUT2D eigenvalue weighted by molar-refractivity contribution is 7.90. The first-order valence-electron chi connectivity index (χ1n) is 6.53. The van der Waals surface area contributed by atoms with Crippen molar-refractivity contribution in [2.75, 3.05) is 25.1 Å². The van der Waals surface area contributed by atoms with Crippen molar-refractivity contribution in [1.29, 1.82) is 0 Å². The number of likely N-dealkylation sites (tertiary alicyclic amines) is 1. The molecular formula is C12H19N3O3S2. The lowest BCUT2D eigenvalue weighted by atomic mass is 10.0. The van der Waals surface area contributed by atoms with E-state index in [2.05, 4.69) is 10.3 Å². The SMILES string of the molecule is CS(=O)(=O)C[C@H]1CCCN(C(=O)NCc2nccs2)C1. The predicted molar refractivity (Wildman–Crippen MR) is 78.4 cm³/mol. The normalized spacial score (nSPS) is 19.9. The zero-order valence-corrected chi connectivity index (χ0v) is 13.0. The molecule has 2 heterocycles. The quantitative estimate of drug-likeness (QED) is 0.902. The van der Waals surface area contributed by atoms with Gasteiger partial charge in [0.25, 0.3) is 0 Å². The van der Waals surface area contributed by atoms with E-state index in [1.54, 1.807) is 11.1 Å². The van der Waals surface area contributed by atoms with E-state index in [1.807, 2.05) is 5.38 Å². The van der Waals surface area contributed by atoms with Crippen LogP contribution in [0.25, 0.3) is 0 Å². The Morgan fingerprint density at radius 1 is 1.60 bits per heavy atom. The molecule has 1 aromatic heterocycles. The van der Waals surface area contributed by atoms with Crippen molar-refractivity contribution in [2.24, 2.45) is 5.92 Å². The van der Waals surface area contributed by atoms with Gasteiger partial charge in [0, 0.05) is 30.9 Å². The minimum Gasteiger partial charge on any atom is -0.331 e. The molecule has 0 radical (unpaired) electrons. The van der Waals surface area contributed by atoms with E-state index < -0.39 is 9.84 Å². The van der Waals surface area contributed by atoms with Crippen LogP contribution < -0.4 is 5.32 Å². The van der Waals surface area contributed by atoms with Crippen LogP contribution >= 0.6 is 11.3 Å². The Morgan fingerprint density at radius 3 is 3.05 bits per heavy atom. The first-order valence-corrected chi connectivity index (χ1v) is 9.47. The number of rotatable bonds is 4. The van der Waals surface area contributed by atoms with Crippen molar-refractivity contribution in [3.63, 3.8) is 0 Å². The largest absolute Gasteiger partial charge is 0.331 e. The summed E-state index contributed by atoms with van der Waals surface area (Å²) in [7, 11) is -2.99. The minimum absolute atomic E-state index is 0.0457. The van der Waals surface area contributed by atoms with Crippen LogP contribution in [-0.4, -0.2) is 49.4 Å².